The van der Waals surface area contributed by atoms with Crippen LogP contribution in [-0.4, -0.2) is 8.07 Å². The normalized spacial score (nSPS) is 13.6. The summed E-state index contributed by atoms with van der Waals surface area (Å²) in [6.45, 7) is 14.1. The molecule has 0 aliphatic rings. The Labute approximate surface area is 73.4 Å². The maximum absolute atomic E-state index is 2.45. The highest BCUT2D eigenvalue weighted by atomic mass is 28.3. The number of hydrogen-bond acceptors (Lipinski definition) is 0. The van der Waals surface area contributed by atoms with Gasteiger partial charge < -0.3 is 6.42 Å². The van der Waals surface area contributed by atoms with E-state index in [9.17, 15) is 0 Å². The van der Waals surface area contributed by atoms with Crippen molar-refractivity contribution in [3.8, 4) is 0 Å². The Balaban J connectivity index is 3.44. The van der Waals surface area contributed by atoms with E-state index in [0.717, 1.165) is 0 Å². The maximum Gasteiger partial charge on any atom is 0.0417 e. The van der Waals surface area contributed by atoms with E-state index < -0.39 is 8.07 Å². The van der Waals surface area contributed by atoms with Crippen LogP contribution in [0.15, 0.2) is 0 Å². The summed E-state index contributed by atoms with van der Waals surface area (Å²) < 4.78 is 0. The van der Waals surface area contributed by atoms with Gasteiger partial charge in [-0.15, -0.1) is 0 Å². The van der Waals surface area contributed by atoms with Crippen LogP contribution in [0.5, 0.6) is 0 Å². The first kappa shape index (κ1) is 11.2. The van der Waals surface area contributed by atoms with Gasteiger partial charge in [0.2, 0.25) is 0 Å². The van der Waals surface area contributed by atoms with Crippen molar-refractivity contribution < 1.29 is 0 Å². The van der Waals surface area contributed by atoms with Crippen molar-refractivity contribution in [1.82, 2.24) is 0 Å². The van der Waals surface area contributed by atoms with Crippen molar-refractivity contribution in [2.45, 2.75) is 52.9 Å². The fraction of sp³-hybridized carbons (Fsp3) is 0.900. The summed E-state index contributed by atoms with van der Waals surface area (Å²) in [6, 6.07) is 1.43. The number of hydrogen-bond donors (Lipinski definition) is 0. The third kappa shape index (κ3) is 10.2. The molecule has 68 valence electrons. The van der Waals surface area contributed by atoms with Gasteiger partial charge in [0.05, 0.1) is 0 Å². The summed E-state index contributed by atoms with van der Waals surface area (Å²) in [7, 11) is -0.788. The monoisotopic (exact) mass is 171 g/mol. The molecule has 0 rings (SSSR count). The van der Waals surface area contributed by atoms with E-state index in [1.54, 1.807) is 0 Å². The zero-order valence-electron chi connectivity index (χ0n) is 8.99. The van der Waals surface area contributed by atoms with Crippen LogP contribution >= 0.6 is 0 Å². The van der Waals surface area contributed by atoms with Crippen LogP contribution in [0.25, 0.3) is 0 Å². The molecule has 11 heavy (non-hydrogen) atoms. The molecule has 0 bridgehead atoms. The van der Waals surface area contributed by atoms with Gasteiger partial charge in [-0.3, -0.25) is 0 Å². The Morgan fingerprint density at radius 1 is 1.09 bits per heavy atom. The Morgan fingerprint density at radius 3 is 1.82 bits per heavy atom. The highest BCUT2D eigenvalue weighted by Gasteiger charge is 2.10. The Bertz CT molecular complexity index is 89.0. The summed E-state index contributed by atoms with van der Waals surface area (Å²) in [5.74, 6) is 0. The molecule has 0 heterocycles. The van der Waals surface area contributed by atoms with E-state index >= 15 is 0 Å². The zero-order valence-corrected chi connectivity index (χ0v) is 9.99. The predicted molar refractivity (Wildman–Crippen MR) is 56.5 cm³/mol. The summed E-state index contributed by atoms with van der Waals surface area (Å²) >= 11 is 0. The second kappa shape index (κ2) is 3.75. The molecule has 0 aromatic carbocycles. The van der Waals surface area contributed by atoms with Crippen LogP contribution in [-0.2, 0) is 0 Å². The average molecular weight is 171 g/mol. The predicted octanol–water partition coefficient (Wildman–Crippen LogP) is 3.97. The molecule has 0 N–H and O–H groups in total. The third-order valence-electron chi connectivity index (χ3n) is 1.65. The van der Waals surface area contributed by atoms with Crippen LogP contribution in [0.1, 0.15) is 27.2 Å². The lowest BCUT2D eigenvalue weighted by molar-refractivity contribution is 0.479. The van der Waals surface area contributed by atoms with Gasteiger partial charge in [-0.2, -0.15) is 11.8 Å². The van der Waals surface area contributed by atoms with Crippen LogP contribution in [0.4, 0.5) is 0 Å². The number of rotatable bonds is 3. The third-order valence-corrected chi connectivity index (χ3v) is 3.44. The average Bonchev–Trinajstić information content (AvgIpc) is 1.55. The van der Waals surface area contributed by atoms with Crippen molar-refractivity contribution in [3.63, 3.8) is 0 Å². The van der Waals surface area contributed by atoms with E-state index in [-0.39, 0.29) is 0 Å². The summed E-state index contributed by atoms with van der Waals surface area (Å²) in [4.78, 5) is 0. The minimum Gasteiger partial charge on any atom is -0.323 e. The van der Waals surface area contributed by atoms with E-state index in [1.165, 1.54) is 12.5 Å². The fourth-order valence-corrected chi connectivity index (χ4v) is 1.95. The van der Waals surface area contributed by atoms with Crippen molar-refractivity contribution in [2.24, 2.45) is 5.41 Å². The Kier molecular flexibility index (Phi) is 3.82. The van der Waals surface area contributed by atoms with Gasteiger partial charge >= 0.3 is 0 Å². The van der Waals surface area contributed by atoms with Gasteiger partial charge in [-0.25, -0.2) is 0 Å². The van der Waals surface area contributed by atoms with E-state index in [4.69, 9.17) is 0 Å². The van der Waals surface area contributed by atoms with Crippen molar-refractivity contribution in [1.29, 1.82) is 0 Å². The quantitative estimate of drug-likeness (QED) is 0.445. The first-order valence-electron chi connectivity index (χ1n) is 4.55. The van der Waals surface area contributed by atoms with Crippen LogP contribution in [0.3, 0.4) is 0 Å². The van der Waals surface area contributed by atoms with Crippen LogP contribution < -0.4 is 0 Å². The maximum atomic E-state index is 2.45. The molecule has 0 aliphatic heterocycles. The topological polar surface area (TPSA) is 0 Å². The summed E-state index contributed by atoms with van der Waals surface area (Å²) in [5, 5.41) is 0. The van der Waals surface area contributed by atoms with Gasteiger partial charge in [0.25, 0.3) is 0 Å². The Morgan fingerprint density at radius 2 is 1.55 bits per heavy atom. The van der Waals surface area contributed by atoms with E-state index in [1.807, 2.05) is 0 Å². The summed E-state index contributed by atoms with van der Waals surface area (Å²) in [5.41, 5.74) is 0.416. The molecule has 0 nitrogen and oxygen atoms in total. The minimum absolute atomic E-state index is 0.416. The molecule has 1 heteroatoms. The van der Waals surface area contributed by atoms with E-state index in [2.05, 4.69) is 46.8 Å². The second-order valence-corrected chi connectivity index (χ2v) is 11.3. The molecule has 0 atom stereocenters. The highest BCUT2D eigenvalue weighted by Crippen LogP contribution is 2.23. The van der Waals surface area contributed by atoms with Gasteiger partial charge in [0.1, 0.15) is 0 Å². The molecular formula is C10H23Si-. The molecule has 0 spiro atoms. The zero-order chi connectivity index (χ0) is 9.12. The van der Waals surface area contributed by atoms with E-state index in [0.29, 0.717) is 5.41 Å². The van der Waals surface area contributed by atoms with Gasteiger partial charge in [0.15, 0.2) is 0 Å². The van der Waals surface area contributed by atoms with Gasteiger partial charge in [-0.1, -0.05) is 46.5 Å². The Hall–Kier alpha value is 0.217. The molecule has 0 saturated heterocycles. The smallest absolute Gasteiger partial charge is 0.0417 e. The largest absolute Gasteiger partial charge is 0.323 e. The fourth-order valence-electron chi connectivity index (χ4n) is 0.938. The van der Waals surface area contributed by atoms with Gasteiger partial charge in [0, 0.05) is 8.07 Å². The molecule has 0 fully saturated rings. The first-order chi connectivity index (χ1) is 4.71. The van der Waals surface area contributed by atoms with Crippen LogP contribution in [0.2, 0.25) is 25.7 Å². The van der Waals surface area contributed by atoms with Crippen molar-refractivity contribution >= 4 is 8.07 Å². The molecule has 0 amide bonds. The molecule has 0 unspecified atom stereocenters. The van der Waals surface area contributed by atoms with Gasteiger partial charge in [-0.05, 0) is 0 Å². The minimum atomic E-state index is -0.788. The molecular weight excluding hydrogens is 148 g/mol. The first-order valence-corrected chi connectivity index (χ1v) is 8.26. The van der Waals surface area contributed by atoms with Crippen LogP contribution in [0, 0.1) is 11.8 Å². The SMILES string of the molecule is CC(C)(C)[CH-]CC[Si](C)(C)C. The summed E-state index contributed by atoms with van der Waals surface area (Å²) in [6.07, 6.45) is 3.75. The van der Waals surface area contributed by atoms with Crippen molar-refractivity contribution in [3.05, 3.63) is 6.42 Å². The van der Waals surface area contributed by atoms with Crippen molar-refractivity contribution in [2.75, 3.05) is 0 Å². The lowest BCUT2D eigenvalue weighted by atomic mass is 9.91. The molecule has 0 radical (unpaired) electrons. The lowest BCUT2D eigenvalue weighted by Crippen LogP contribution is -2.20. The molecule has 0 saturated carbocycles. The molecule has 0 aromatic heterocycles. The lowest BCUT2D eigenvalue weighted by Gasteiger charge is -2.31. The second-order valence-electron chi connectivity index (χ2n) is 5.67. The standard InChI is InChI=1S/C10H23Si/c1-10(2,3)8-7-9-11(4,5)6/h8H,7,9H2,1-6H3/q-1. The molecule has 0 aliphatic carbocycles. The molecule has 0 aromatic rings. The highest BCUT2D eigenvalue weighted by molar-refractivity contribution is 6.76.